The van der Waals surface area contributed by atoms with Crippen LogP contribution >= 0.6 is 11.6 Å². The molecule has 8 heteroatoms. The summed E-state index contributed by atoms with van der Waals surface area (Å²) in [5.41, 5.74) is 0.407. The quantitative estimate of drug-likeness (QED) is 0.854. The van der Waals surface area contributed by atoms with Gasteiger partial charge in [0.15, 0.2) is 15.7 Å². The molecule has 0 bridgehead atoms. The zero-order valence-electron chi connectivity index (χ0n) is 13.1. The predicted molar refractivity (Wildman–Crippen MR) is 90.3 cm³/mol. The summed E-state index contributed by atoms with van der Waals surface area (Å²) in [6.07, 6.45) is 1.40. The largest absolute Gasteiger partial charge is 0.464 e. The molecule has 0 unspecified atom stereocenters. The molecule has 6 nitrogen and oxygen atoms in total. The molecule has 124 valence electrons. The van der Waals surface area contributed by atoms with Crippen LogP contribution in [0.15, 0.2) is 35.4 Å². The molecular weight excluding hydrogens is 338 g/mol. The molecule has 1 aromatic carbocycles. The van der Waals surface area contributed by atoms with Crippen molar-refractivity contribution in [3.8, 4) is 6.01 Å². The van der Waals surface area contributed by atoms with Gasteiger partial charge in [-0.05, 0) is 32.9 Å². The van der Waals surface area contributed by atoms with E-state index < -0.39 is 15.1 Å². The maximum absolute atomic E-state index is 12.5. The lowest BCUT2D eigenvalue weighted by Crippen LogP contribution is -2.15. The Balaban J connectivity index is 2.44. The number of ether oxygens (including phenoxy) is 1. The topological polar surface area (TPSA) is 81.2 Å². The number of hydrogen-bond acceptors (Lipinski definition) is 6. The van der Waals surface area contributed by atoms with Crippen LogP contribution in [0.3, 0.4) is 0 Å². The molecule has 0 saturated heterocycles. The molecule has 2 rings (SSSR count). The Morgan fingerprint density at radius 3 is 2.65 bits per heavy atom. The van der Waals surface area contributed by atoms with Gasteiger partial charge in [0, 0.05) is 0 Å². The minimum atomic E-state index is -3.44. The molecule has 0 radical (unpaired) electrons. The monoisotopic (exact) mass is 355 g/mol. The second-order valence-electron chi connectivity index (χ2n) is 5.00. The highest BCUT2D eigenvalue weighted by Gasteiger charge is 2.23. The Morgan fingerprint density at radius 1 is 1.30 bits per heavy atom. The van der Waals surface area contributed by atoms with Crippen molar-refractivity contribution in [1.29, 1.82) is 0 Å². The molecule has 0 aliphatic carbocycles. The Hall–Kier alpha value is -1.86. The fourth-order valence-corrected chi connectivity index (χ4v) is 3.18. The number of halogens is 1. The van der Waals surface area contributed by atoms with Gasteiger partial charge < -0.3 is 10.1 Å². The van der Waals surface area contributed by atoms with E-state index in [1.54, 1.807) is 38.1 Å². The standard InChI is InChI=1S/C15H18ClN3O3S/c1-4-22-15-17-9-11(16)14(19-15)18-12-7-5-6-8-13(12)23(20,21)10(2)3/h5-10H,4H2,1-3H3,(H,17,18,19). The van der Waals surface area contributed by atoms with Gasteiger partial charge in [0.1, 0.15) is 5.02 Å². The fourth-order valence-electron chi connectivity index (χ4n) is 1.84. The number of nitrogens with one attached hydrogen (secondary N) is 1. The van der Waals surface area contributed by atoms with Crippen LogP contribution in [0.25, 0.3) is 0 Å². The van der Waals surface area contributed by atoms with Crippen LogP contribution in [0.1, 0.15) is 20.8 Å². The molecule has 0 spiro atoms. The molecule has 1 aromatic heterocycles. The van der Waals surface area contributed by atoms with Crippen LogP contribution in [-0.4, -0.2) is 30.2 Å². The molecule has 0 aliphatic heterocycles. The van der Waals surface area contributed by atoms with Gasteiger partial charge in [0.05, 0.1) is 28.6 Å². The average Bonchev–Trinajstić information content (AvgIpc) is 2.51. The predicted octanol–water partition coefficient (Wildman–Crippen LogP) is 3.45. The van der Waals surface area contributed by atoms with Crippen LogP contribution in [0.2, 0.25) is 5.02 Å². The fraction of sp³-hybridized carbons (Fsp3) is 0.333. The highest BCUT2D eigenvalue weighted by Crippen LogP contribution is 2.30. The minimum absolute atomic E-state index is 0.170. The number of nitrogens with zero attached hydrogens (tertiary/aromatic N) is 2. The first-order chi connectivity index (χ1) is 10.9. The van der Waals surface area contributed by atoms with Gasteiger partial charge in [-0.15, -0.1) is 0 Å². The van der Waals surface area contributed by atoms with Crippen LogP contribution < -0.4 is 10.1 Å². The summed E-state index contributed by atoms with van der Waals surface area (Å²) in [5.74, 6) is 0.288. The zero-order chi connectivity index (χ0) is 17.0. The van der Waals surface area contributed by atoms with E-state index in [9.17, 15) is 8.42 Å². The Labute approximate surface area is 140 Å². The molecule has 23 heavy (non-hydrogen) atoms. The minimum Gasteiger partial charge on any atom is -0.464 e. The summed E-state index contributed by atoms with van der Waals surface area (Å²) in [4.78, 5) is 8.30. The Bertz CT molecular complexity index is 794. The summed E-state index contributed by atoms with van der Waals surface area (Å²) >= 11 is 6.08. The van der Waals surface area contributed by atoms with Crippen molar-refractivity contribution >= 4 is 32.9 Å². The van der Waals surface area contributed by atoms with Crippen LogP contribution in [0.4, 0.5) is 11.5 Å². The summed E-state index contributed by atoms with van der Waals surface area (Å²) in [6.45, 7) is 5.50. The number of benzene rings is 1. The number of para-hydroxylation sites is 1. The van der Waals surface area contributed by atoms with Crippen molar-refractivity contribution in [1.82, 2.24) is 9.97 Å². The molecule has 0 fully saturated rings. The van der Waals surface area contributed by atoms with Crippen molar-refractivity contribution in [2.75, 3.05) is 11.9 Å². The number of rotatable bonds is 6. The van der Waals surface area contributed by atoms with Gasteiger partial charge in [0.2, 0.25) is 0 Å². The second kappa shape index (κ2) is 7.14. The third kappa shape index (κ3) is 3.92. The van der Waals surface area contributed by atoms with Crippen molar-refractivity contribution in [3.05, 3.63) is 35.5 Å². The molecule has 0 saturated carbocycles. The smallest absolute Gasteiger partial charge is 0.318 e. The molecule has 0 amide bonds. The van der Waals surface area contributed by atoms with E-state index in [1.165, 1.54) is 6.20 Å². The number of sulfone groups is 1. The highest BCUT2D eigenvalue weighted by atomic mass is 35.5. The van der Waals surface area contributed by atoms with E-state index in [0.717, 1.165) is 0 Å². The van der Waals surface area contributed by atoms with Crippen molar-refractivity contribution in [2.24, 2.45) is 0 Å². The van der Waals surface area contributed by atoms with Crippen LogP contribution in [0.5, 0.6) is 6.01 Å². The Morgan fingerprint density at radius 2 is 2.00 bits per heavy atom. The highest BCUT2D eigenvalue weighted by molar-refractivity contribution is 7.92. The van der Waals surface area contributed by atoms with E-state index in [0.29, 0.717) is 12.3 Å². The van der Waals surface area contributed by atoms with E-state index >= 15 is 0 Å². The van der Waals surface area contributed by atoms with Crippen LogP contribution in [0, 0.1) is 0 Å². The lowest BCUT2D eigenvalue weighted by molar-refractivity contribution is 0.313. The summed E-state index contributed by atoms with van der Waals surface area (Å²) < 4.78 is 30.2. The number of anilines is 2. The maximum atomic E-state index is 12.5. The van der Waals surface area contributed by atoms with E-state index in [2.05, 4.69) is 15.3 Å². The van der Waals surface area contributed by atoms with Crippen molar-refractivity contribution in [2.45, 2.75) is 30.9 Å². The van der Waals surface area contributed by atoms with Gasteiger partial charge in [-0.25, -0.2) is 13.4 Å². The maximum Gasteiger partial charge on any atom is 0.318 e. The van der Waals surface area contributed by atoms with Gasteiger partial charge in [0.25, 0.3) is 0 Å². The zero-order valence-corrected chi connectivity index (χ0v) is 14.6. The molecule has 0 aliphatic rings. The van der Waals surface area contributed by atoms with E-state index in [1.807, 2.05) is 6.92 Å². The summed E-state index contributed by atoms with van der Waals surface area (Å²) in [5, 5.41) is 2.69. The van der Waals surface area contributed by atoms with E-state index in [-0.39, 0.29) is 21.7 Å². The third-order valence-electron chi connectivity index (χ3n) is 3.06. The normalized spacial score (nSPS) is 11.5. The number of aromatic nitrogens is 2. The summed E-state index contributed by atoms with van der Waals surface area (Å²) in [7, 11) is -3.44. The first-order valence-corrected chi connectivity index (χ1v) is 9.04. The Kier molecular flexibility index (Phi) is 5.43. The SMILES string of the molecule is CCOc1ncc(Cl)c(Nc2ccccc2S(=O)(=O)C(C)C)n1. The molecule has 1 N–H and O–H groups in total. The molecule has 0 atom stereocenters. The first kappa shape index (κ1) is 17.5. The summed E-state index contributed by atoms with van der Waals surface area (Å²) in [6, 6.07) is 6.79. The van der Waals surface area contributed by atoms with Gasteiger partial charge in [-0.1, -0.05) is 23.7 Å². The van der Waals surface area contributed by atoms with Gasteiger partial charge >= 0.3 is 6.01 Å². The van der Waals surface area contributed by atoms with Crippen molar-refractivity contribution < 1.29 is 13.2 Å². The van der Waals surface area contributed by atoms with Crippen molar-refractivity contribution in [3.63, 3.8) is 0 Å². The molecule has 2 aromatic rings. The van der Waals surface area contributed by atoms with E-state index in [4.69, 9.17) is 16.3 Å². The lowest BCUT2D eigenvalue weighted by atomic mass is 10.3. The molecular formula is C15H18ClN3O3S. The van der Waals surface area contributed by atoms with Gasteiger partial charge in [-0.3, -0.25) is 0 Å². The number of hydrogen-bond donors (Lipinski definition) is 1. The molecule has 1 heterocycles. The third-order valence-corrected chi connectivity index (χ3v) is 5.55. The first-order valence-electron chi connectivity index (χ1n) is 7.11. The van der Waals surface area contributed by atoms with Gasteiger partial charge in [-0.2, -0.15) is 4.98 Å². The average molecular weight is 356 g/mol. The lowest BCUT2D eigenvalue weighted by Gasteiger charge is -2.15. The second-order valence-corrected chi connectivity index (χ2v) is 7.88. The van der Waals surface area contributed by atoms with Crippen LogP contribution in [-0.2, 0) is 9.84 Å².